The van der Waals surface area contributed by atoms with Crippen LogP contribution in [0.25, 0.3) is 11.1 Å². The van der Waals surface area contributed by atoms with Crippen LogP contribution in [0.2, 0.25) is 0 Å². The third-order valence-electron chi connectivity index (χ3n) is 9.03. The topological polar surface area (TPSA) is 148 Å². The highest BCUT2D eigenvalue weighted by atomic mass is 16.5. The molecule has 13 nitrogen and oxygen atoms in total. The highest BCUT2D eigenvalue weighted by Gasteiger charge is 2.32. The maximum atomic E-state index is 13.1. The maximum absolute atomic E-state index is 13.1. The van der Waals surface area contributed by atoms with Crippen LogP contribution in [0.5, 0.6) is 11.5 Å². The Labute approximate surface area is 296 Å². The van der Waals surface area contributed by atoms with Crippen LogP contribution in [0.3, 0.4) is 0 Å². The first-order valence-corrected chi connectivity index (χ1v) is 17.2. The zero-order chi connectivity index (χ0) is 36.1. The van der Waals surface area contributed by atoms with Gasteiger partial charge in [-0.25, -0.2) is 0 Å². The van der Waals surface area contributed by atoms with E-state index in [1.165, 1.54) is 7.11 Å². The van der Waals surface area contributed by atoms with Crippen molar-refractivity contribution in [1.82, 2.24) is 19.4 Å². The van der Waals surface area contributed by atoms with Crippen molar-refractivity contribution in [2.24, 2.45) is 19.1 Å². The van der Waals surface area contributed by atoms with Gasteiger partial charge in [-0.15, -0.1) is 0 Å². The number of hydrogen-bond donors (Lipinski definition) is 3. The van der Waals surface area contributed by atoms with E-state index >= 15 is 0 Å². The average molecular weight is 694 g/mol. The number of nitrogens with zero attached hydrogens (tertiary/aromatic N) is 4. The van der Waals surface area contributed by atoms with Crippen LogP contribution in [-0.4, -0.2) is 76.7 Å². The minimum atomic E-state index is -0.324. The summed E-state index contributed by atoms with van der Waals surface area (Å²) in [5.41, 5.74) is 4.90. The van der Waals surface area contributed by atoms with Crippen molar-refractivity contribution >= 4 is 46.9 Å². The largest absolute Gasteiger partial charge is 0.493 e. The fraction of sp³-hybridized carbons (Fsp3) is 0.342. The molecule has 266 valence electrons. The molecule has 1 atom stereocenters. The number of carbonyl (C=O) groups is 4. The quantitative estimate of drug-likeness (QED) is 0.157. The lowest BCUT2D eigenvalue weighted by Crippen LogP contribution is -2.35. The van der Waals surface area contributed by atoms with Crippen LogP contribution < -0.4 is 25.4 Å². The van der Waals surface area contributed by atoms with Gasteiger partial charge in [0.2, 0.25) is 5.91 Å². The SMILES string of the molecule is CCCNC(=O)c1cc(-c2ccc(NC(=O)c3cc(NC(=O)CCCOc4cc5c(cc4OC)C(=O)N4CCCC4C=N5)cn3C)cc2)cn1C. The molecule has 2 aromatic heterocycles. The number of nitrogens with one attached hydrogen (secondary N) is 3. The molecule has 3 N–H and O–H groups in total. The first kappa shape index (κ1) is 35.0. The molecule has 2 aliphatic rings. The molecule has 0 saturated carbocycles. The second-order valence-corrected chi connectivity index (χ2v) is 12.7. The molecule has 0 aliphatic carbocycles. The number of aryl methyl sites for hydroxylation is 2. The monoisotopic (exact) mass is 693 g/mol. The van der Waals surface area contributed by atoms with Gasteiger partial charge in [-0.05, 0) is 61.6 Å². The summed E-state index contributed by atoms with van der Waals surface area (Å²) in [6.45, 7) is 3.58. The van der Waals surface area contributed by atoms with E-state index in [0.717, 1.165) is 30.4 Å². The Morgan fingerprint density at radius 2 is 1.67 bits per heavy atom. The van der Waals surface area contributed by atoms with E-state index < -0.39 is 0 Å². The molecule has 0 bridgehead atoms. The Morgan fingerprint density at radius 1 is 0.902 bits per heavy atom. The van der Waals surface area contributed by atoms with Crippen molar-refractivity contribution in [3.8, 4) is 22.6 Å². The molecular formula is C38H43N7O6. The second kappa shape index (κ2) is 15.4. The number of methoxy groups -OCH3 is 1. The van der Waals surface area contributed by atoms with Crippen molar-refractivity contribution in [3.05, 3.63) is 77.9 Å². The fourth-order valence-corrected chi connectivity index (χ4v) is 6.34. The smallest absolute Gasteiger partial charge is 0.272 e. The third-order valence-corrected chi connectivity index (χ3v) is 9.03. The van der Waals surface area contributed by atoms with Gasteiger partial charge in [-0.3, -0.25) is 24.2 Å². The zero-order valence-corrected chi connectivity index (χ0v) is 29.3. The van der Waals surface area contributed by atoms with Crippen LogP contribution in [-0.2, 0) is 18.9 Å². The van der Waals surface area contributed by atoms with E-state index in [4.69, 9.17) is 9.47 Å². The number of aliphatic imine (C=N–C) groups is 1. The lowest BCUT2D eigenvalue weighted by atomic mass is 10.1. The summed E-state index contributed by atoms with van der Waals surface area (Å²) >= 11 is 0. The van der Waals surface area contributed by atoms with Gasteiger partial charge >= 0.3 is 0 Å². The lowest BCUT2D eigenvalue weighted by molar-refractivity contribution is -0.116. The highest BCUT2D eigenvalue weighted by Crippen LogP contribution is 2.38. The fourth-order valence-electron chi connectivity index (χ4n) is 6.34. The summed E-state index contributed by atoms with van der Waals surface area (Å²) in [5, 5.41) is 8.66. The molecule has 1 fully saturated rings. The van der Waals surface area contributed by atoms with Gasteiger partial charge in [0.1, 0.15) is 11.4 Å². The molecule has 4 amide bonds. The third kappa shape index (κ3) is 7.82. The Bertz CT molecular complexity index is 1980. The number of fused-ring (bicyclic) bond motifs is 2. The van der Waals surface area contributed by atoms with Crippen molar-refractivity contribution in [1.29, 1.82) is 0 Å². The summed E-state index contributed by atoms with van der Waals surface area (Å²) in [4.78, 5) is 57.8. The van der Waals surface area contributed by atoms with Gasteiger partial charge in [-0.1, -0.05) is 19.1 Å². The molecule has 13 heteroatoms. The number of amides is 4. The Balaban J connectivity index is 0.995. The van der Waals surface area contributed by atoms with Crippen molar-refractivity contribution in [3.63, 3.8) is 0 Å². The molecule has 4 aromatic rings. The minimum absolute atomic E-state index is 0.00853. The Kier molecular flexibility index (Phi) is 10.5. The van der Waals surface area contributed by atoms with Crippen LogP contribution >= 0.6 is 0 Å². The summed E-state index contributed by atoms with van der Waals surface area (Å²) in [6.07, 6.45) is 8.75. The van der Waals surface area contributed by atoms with Crippen LogP contribution in [0.4, 0.5) is 17.1 Å². The number of ether oxygens (including phenoxy) is 2. The molecule has 0 spiro atoms. The van der Waals surface area contributed by atoms with Crippen LogP contribution in [0.1, 0.15) is 70.4 Å². The van der Waals surface area contributed by atoms with E-state index in [-0.39, 0.29) is 42.7 Å². The molecule has 1 unspecified atom stereocenters. The first-order chi connectivity index (χ1) is 24.6. The van der Waals surface area contributed by atoms with Gasteiger partial charge in [0.15, 0.2) is 11.5 Å². The Morgan fingerprint density at radius 3 is 2.43 bits per heavy atom. The van der Waals surface area contributed by atoms with Crippen molar-refractivity contribution in [2.45, 2.75) is 45.1 Å². The molecule has 4 heterocycles. The number of rotatable bonds is 13. The van der Waals surface area contributed by atoms with E-state index in [2.05, 4.69) is 20.9 Å². The summed E-state index contributed by atoms with van der Waals surface area (Å²) in [6, 6.07) is 14.3. The van der Waals surface area contributed by atoms with Gasteiger partial charge < -0.3 is 39.5 Å². The first-order valence-electron chi connectivity index (χ1n) is 17.2. The predicted molar refractivity (Wildman–Crippen MR) is 195 cm³/mol. The molecule has 6 rings (SSSR count). The van der Waals surface area contributed by atoms with Gasteiger partial charge in [0.05, 0.1) is 36.7 Å². The number of benzene rings is 2. The summed E-state index contributed by atoms with van der Waals surface area (Å²) < 4.78 is 14.9. The van der Waals surface area contributed by atoms with E-state index in [9.17, 15) is 19.2 Å². The number of anilines is 2. The van der Waals surface area contributed by atoms with Crippen molar-refractivity contribution in [2.75, 3.05) is 37.4 Å². The predicted octanol–water partition coefficient (Wildman–Crippen LogP) is 5.55. The molecular weight excluding hydrogens is 650 g/mol. The van der Waals surface area contributed by atoms with Gasteiger partial charge in [0.25, 0.3) is 17.7 Å². The molecule has 1 saturated heterocycles. The molecule has 2 aromatic carbocycles. The average Bonchev–Trinajstić information content (AvgIpc) is 3.84. The molecule has 0 radical (unpaired) electrons. The zero-order valence-electron chi connectivity index (χ0n) is 29.3. The maximum Gasteiger partial charge on any atom is 0.272 e. The minimum Gasteiger partial charge on any atom is -0.493 e. The number of aromatic nitrogens is 2. The second-order valence-electron chi connectivity index (χ2n) is 12.7. The lowest BCUT2D eigenvalue weighted by Gasteiger charge is -2.20. The number of carbonyl (C=O) groups excluding carboxylic acids is 4. The van der Waals surface area contributed by atoms with Crippen LogP contribution in [0, 0.1) is 0 Å². The van der Waals surface area contributed by atoms with E-state index in [0.29, 0.717) is 65.0 Å². The summed E-state index contributed by atoms with van der Waals surface area (Å²) in [7, 11) is 5.09. The van der Waals surface area contributed by atoms with Gasteiger partial charge in [-0.2, -0.15) is 0 Å². The van der Waals surface area contributed by atoms with E-state index in [1.54, 1.807) is 52.7 Å². The van der Waals surface area contributed by atoms with E-state index in [1.807, 2.05) is 49.5 Å². The van der Waals surface area contributed by atoms with Crippen molar-refractivity contribution < 1.29 is 28.7 Å². The normalized spacial score (nSPS) is 14.8. The highest BCUT2D eigenvalue weighted by molar-refractivity contribution is 6.05. The van der Waals surface area contributed by atoms with Gasteiger partial charge in [0, 0.05) is 69.5 Å². The molecule has 51 heavy (non-hydrogen) atoms. The standard InChI is InChI=1S/C38H43N7O6/c1-5-14-39-36(47)31-17-25(22-43(31)2)24-10-12-26(13-11-24)42-37(48)32-18-27(23-44(32)3)41-35(46)9-7-16-51-34-20-30-29(19-33(34)50-4)38(49)45-15-6-8-28(45)21-40-30/h10-13,17-23,28H,5-9,14-16H2,1-4H3,(H,39,47)(H,41,46)(H,42,48). The number of hydrogen-bond acceptors (Lipinski definition) is 7. The summed E-state index contributed by atoms with van der Waals surface area (Å²) in [5.74, 6) is 0.172. The molecule has 2 aliphatic heterocycles. The Hall–Kier alpha value is -5.85. The van der Waals surface area contributed by atoms with Crippen LogP contribution in [0.15, 0.2) is 65.9 Å².